The highest BCUT2D eigenvalue weighted by Gasteiger charge is 2.37. The first-order chi connectivity index (χ1) is 16.7. The minimum absolute atomic E-state index is 0.0874. The number of rotatable bonds is 12. The number of primary amides is 1. The molecule has 0 aliphatic carbocycles. The third-order valence-electron chi connectivity index (χ3n) is 5.53. The molecule has 0 fully saturated rings. The predicted octanol–water partition coefficient (Wildman–Crippen LogP) is 3.66. The van der Waals surface area contributed by atoms with E-state index in [1.165, 1.54) is 4.90 Å². The van der Waals surface area contributed by atoms with Gasteiger partial charge in [-0.25, -0.2) is 4.79 Å². The second kappa shape index (κ2) is 13.8. The van der Waals surface area contributed by atoms with Gasteiger partial charge in [-0.15, -0.1) is 0 Å². The number of ether oxygens (including phenoxy) is 1. The van der Waals surface area contributed by atoms with E-state index in [1.54, 1.807) is 20.8 Å². The molecule has 202 valence electrons. The van der Waals surface area contributed by atoms with Crippen LogP contribution in [-0.4, -0.2) is 52.9 Å². The Balaban J connectivity index is 3.51. The summed E-state index contributed by atoms with van der Waals surface area (Å²) >= 11 is 0. The van der Waals surface area contributed by atoms with Gasteiger partial charge in [0.25, 0.3) is 0 Å². The molecule has 0 heterocycles. The van der Waals surface area contributed by atoms with Crippen molar-refractivity contribution in [3.63, 3.8) is 0 Å². The lowest BCUT2D eigenvalue weighted by atomic mass is 9.95. The van der Waals surface area contributed by atoms with Gasteiger partial charge in [0.1, 0.15) is 17.7 Å². The van der Waals surface area contributed by atoms with Crippen LogP contribution in [0.2, 0.25) is 0 Å². The second-order valence-electron chi connectivity index (χ2n) is 10.4. The normalized spacial score (nSPS) is 13.8. The average Bonchev–Trinajstić information content (AvgIpc) is 2.72. The van der Waals surface area contributed by atoms with Crippen LogP contribution in [0.1, 0.15) is 90.0 Å². The fourth-order valence-corrected chi connectivity index (χ4v) is 4.07. The van der Waals surface area contributed by atoms with Gasteiger partial charge in [0.05, 0.1) is 6.42 Å². The minimum atomic E-state index is -1.28. The summed E-state index contributed by atoms with van der Waals surface area (Å²) in [5, 5.41) is 5.52. The van der Waals surface area contributed by atoms with E-state index in [0.717, 1.165) is 24.0 Å². The summed E-state index contributed by atoms with van der Waals surface area (Å²) in [7, 11) is 0. The van der Waals surface area contributed by atoms with Gasteiger partial charge in [0.15, 0.2) is 0 Å². The lowest BCUT2D eigenvalue weighted by Crippen LogP contribution is -2.54. The fourth-order valence-electron chi connectivity index (χ4n) is 4.07. The molecule has 9 heteroatoms. The molecule has 4 amide bonds. The Bertz CT molecular complexity index is 925. The molecular formula is C27H44N4O5. The highest BCUT2D eigenvalue weighted by molar-refractivity contribution is 5.94. The molecule has 0 aromatic heterocycles. The molecule has 0 radical (unpaired) electrons. The van der Waals surface area contributed by atoms with Crippen LogP contribution >= 0.6 is 0 Å². The third-order valence-corrected chi connectivity index (χ3v) is 5.53. The number of nitrogens with zero attached hydrogens (tertiary/aromatic N) is 1. The molecule has 1 rings (SSSR count). The smallest absolute Gasteiger partial charge is 0.408 e. The van der Waals surface area contributed by atoms with Crippen molar-refractivity contribution in [2.24, 2.45) is 5.73 Å². The summed E-state index contributed by atoms with van der Waals surface area (Å²) < 4.78 is 5.29. The highest BCUT2D eigenvalue weighted by Crippen LogP contribution is 2.27. The number of hydrogen-bond donors (Lipinski definition) is 3. The van der Waals surface area contributed by atoms with Gasteiger partial charge in [-0.2, -0.15) is 0 Å². The molecule has 36 heavy (non-hydrogen) atoms. The first kappa shape index (κ1) is 30.9. The van der Waals surface area contributed by atoms with Crippen molar-refractivity contribution in [2.75, 3.05) is 6.54 Å². The van der Waals surface area contributed by atoms with Crippen molar-refractivity contribution in [1.29, 1.82) is 0 Å². The monoisotopic (exact) mass is 504 g/mol. The van der Waals surface area contributed by atoms with E-state index in [-0.39, 0.29) is 18.5 Å². The number of aryl methyl sites for hydroxylation is 2. The van der Waals surface area contributed by atoms with Crippen LogP contribution < -0.4 is 16.4 Å². The van der Waals surface area contributed by atoms with Crippen LogP contribution in [0.4, 0.5) is 4.79 Å². The van der Waals surface area contributed by atoms with Crippen molar-refractivity contribution in [1.82, 2.24) is 15.5 Å². The van der Waals surface area contributed by atoms with Crippen molar-refractivity contribution >= 4 is 23.8 Å². The quantitative estimate of drug-likeness (QED) is 0.400. The summed E-state index contributed by atoms with van der Waals surface area (Å²) in [6.45, 7) is 15.0. The molecule has 0 saturated carbocycles. The molecule has 3 unspecified atom stereocenters. The van der Waals surface area contributed by atoms with Gasteiger partial charge in [0.2, 0.25) is 17.7 Å². The van der Waals surface area contributed by atoms with E-state index in [2.05, 4.69) is 10.6 Å². The number of hydrogen-bond acceptors (Lipinski definition) is 5. The van der Waals surface area contributed by atoms with Gasteiger partial charge >= 0.3 is 6.09 Å². The number of amides is 4. The average molecular weight is 505 g/mol. The Hall–Kier alpha value is -3.10. The third kappa shape index (κ3) is 9.87. The van der Waals surface area contributed by atoms with E-state index < -0.39 is 42.0 Å². The molecule has 0 aliphatic heterocycles. The number of alkyl carbamates (subject to hydrolysis) is 1. The van der Waals surface area contributed by atoms with Gasteiger partial charge in [-0.3, -0.25) is 14.4 Å². The van der Waals surface area contributed by atoms with Crippen molar-refractivity contribution in [3.8, 4) is 0 Å². The Morgan fingerprint density at radius 2 is 1.69 bits per heavy atom. The summed E-state index contributed by atoms with van der Waals surface area (Å²) in [5.74, 6) is -1.66. The largest absolute Gasteiger partial charge is 0.444 e. The standard InChI is InChI=1S/C27H44N4O5/c1-9-11-19(5)29-24(33)23(20-13-12-17(3)15-18(20)4)31(14-10-2)25(34)21(16-22(28)32)30-26(35)36-27(6,7)8/h12-13,15,19,21,23H,9-11,14,16H2,1-8H3,(H2,28,32)(H,29,33)(H,30,35). The van der Waals surface area contributed by atoms with E-state index in [1.807, 2.05) is 52.8 Å². The van der Waals surface area contributed by atoms with Gasteiger partial charge in [0, 0.05) is 12.6 Å². The summed E-state index contributed by atoms with van der Waals surface area (Å²) in [4.78, 5) is 53.2. The lowest BCUT2D eigenvalue weighted by molar-refractivity contribution is -0.143. The zero-order chi connectivity index (χ0) is 27.6. The molecule has 0 bridgehead atoms. The first-order valence-electron chi connectivity index (χ1n) is 12.7. The SMILES string of the molecule is CCCC(C)NC(=O)C(c1ccc(C)cc1C)N(CCC)C(=O)C(CC(N)=O)NC(=O)OC(C)(C)C. The van der Waals surface area contributed by atoms with E-state index in [9.17, 15) is 19.2 Å². The molecule has 4 N–H and O–H groups in total. The lowest BCUT2D eigenvalue weighted by Gasteiger charge is -2.35. The number of benzene rings is 1. The Labute approximate surface area is 215 Å². The summed E-state index contributed by atoms with van der Waals surface area (Å²) in [6.07, 6.45) is 0.972. The first-order valence-corrected chi connectivity index (χ1v) is 12.7. The van der Waals surface area contributed by atoms with E-state index >= 15 is 0 Å². The summed E-state index contributed by atoms with van der Waals surface area (Å²) in [6, 6.07) is 3.38. The number of nitrogens with two attached hydrogens (primary N) is 1. The van der Waals surface area contributed by atoms with Crippen LogP contribution in [0.3, 0.4) is 0 Å². The number of carbonyl (C=O) groups is 4. The van der Waals surface area contributed by atoms with Gasteiger partial charge < -0.3 is 26.0 Å². The van der Waals surface area contributed by atoms with Crippen LogP contribution in [0.15, 0.2) is 18.2 Å². The Morgan fingerprint density at radius 3 is 2.19 bits per heavy atom. The Morgan fingerprint density at radius 1 is 1.06 bits per heavy atom. The molecule has 0 saturated heterocycles. The van der Waals surface area contributed by atoms with Crippen molar-refractivity contribution < 1.29 is 23.9 Å². The zero-order valence-corrected chi connectivity index (χ0v) is 23.1. The van der Waals surface area contributed by atoms with Crippen molar-refractivity contribution in [2.45, 2.75) is 105 Å². The van der Waals surface area contributed by atoms with E-state index in [4.69, 9.17) is 10.5 Å². The van der Waals surface area contributed by atoms with E-state index in [0.29, 0.717) is 12.0 Å². The molecule has 9 nitrogen and oxygen atoms in total. The van der Waals surface area contributed by atoms with Crippen molar-refractivity contribution in [3.05, 3.63) is 34.9 Å². The zero-order valence-electron chi connectivity index (χ0n) is 23.1. The van der Waals surface area contributed by atoms with Crippen LogP contribution in [0, 0.1) is 13.8 Å². The van der Waals surface area contributed by atoms with Gasteiger partial charge in [-0.05, 0) is 65.5 Å². The van der Waals surface area contributed by atoms with Crippen LogP contribution in [0.25, 0.3) is 0 Å². The molecule has 0 spiro atoms. The maximum absolute atomic E-state index is 13.8. The van der Waals surface area contributed by atoms with Crippen LogP contribution in [0.5, 0.6) is 0 Å². The van der Waals surface area contributed by atoms with Crippen LogP contribution in [-0.2, 0) is 19.1 Å². The fraction of sp³-hybridized carbons (Fsp3) is 0.630. The molecule has 1 aromatic carbocycles. The Kier molecular flexibility index (Phi) is 11.9. The topological polar surface area (TPSA) is 131 Å². The molecule has 0 aliphatic rings. The highest BCUT2D eigenvalue weighted by atomic mass is 16.6. The molecular weight excluding hydrogens is 460 g/mol. The van der Waals surface area contributed by atoms with Gasteiger partial charge in [-0.1, -0.05) is 44.0 Å². The molecule has 3 atom stereocenters. The summed E-state index contributed by atoms with van der Waals surface area (Å²) in [5.41, 5.74) is 7.18. The minimum Gasteiger partial charge on any atom is -0.444 e. The number of nitrogens with one attached hydrogen (secondary N) is 2. The maximum Gasteiger partial charge on any atom is 0.408 e. The predicted molar refractivity (Wildman–Crippen MR) is 140 cm³/mol. The number of carbonyl (C=O) groups excluding carboxylic acids is 4. The maximum atomic E-state index is 13.8. The molecule has 1 aromatic rings. The second-order valence-corrected chi connectivity index (χ2v) is 10.4.